The summed E-state index contributed by atoms with van der Waals surface area (Å²) in [4.78, 5) is 35.3. The van der Waals surface area contributed by atoms with Crippen LogP contribution in [0.5, 0.6) is 0 Å². The van der Waals surface area contributed by atoms with Crippen LogP contribution in [0.1, 0.15) is 24.0 Å². The number of nitrogens with zero attached hydrogens (tertiary/aromatic N) is 5. The molecule has 2 aliphatic rings. The van der Waals surface area contributed by atoms with Gasteiger partial charge in [-0.2, -0.15) is 31.4 Å². The van der Waals surface area contributed by atoms with E-state index in [0.29, 0.717) is 58.2 Å². The smallest absolute Gasteiger partial charge is 0.381 e. The molecule has 2 aromatic rings. The maximum absolute atomic E-state index is 13.5. The number of aromatic nitrogens is 4. The zero-order chi connectivity index (χ0) is 28.9. The van der Waals surface area contributed by atoms with Gasteiger partial charge in [0.25, 0.3) is 5.56 Å². The third-order valence-electron chi connectivity index (χ3n) is 6.65. The molecule has 4 rings (SSSR count). The minimum atomic E-state index is -4.90. The predicted molar refractivity (Wildman–Crippen MR) is 127 cm³/mol. The number of hydrogen-bond donors (Lipinski definition) is 2. The summed E-state index contributed by atoms with van der Waals surface area (Å²) in [5, 5.41) is 8.00. The summed E-state index contributed by atoms with van der Waals surface area (Å²) in [5.41, 5.74) is -4.17. The Hall–Kier alpha value is -3.47. The molecule has 2 N–H and O–H groups in total. The molecule has 1 unspecified atom stereocenters. The van der Waals surface area contributed by atoms with Crippen molar-refractivity contribution in [3.8, 4) is 0 Å². The molecule has 0 radical (unpaired) electrons. The summed E-state index contributed by atoms with van der Waals surface area (Å²) in [6.45, 7) is 1.98. The van der Waals surface area contributed by atoms with Crippen LogP contribution in [-0.4, -0.2) is 89.6 Å². The van der Waals surface area contributed by atoms with Crippen molar-refractivity contribution in [3.05, 3.63) is 40.1 Å². The monoisotopic (exact) mass is 579 g/mol. The molecular weight excluding hydrogens is 552 g/mol. The fourth-order valence-electron chi connectivity index (χ4n) is 4.47. The number of nitrogens with one attached hydrogen (secondary N) is 2. The summed E-state index contributed by atoms with van der Waals surface area (Å²) in [6, 6.07) is -0.630. The van der Waals surface area contributed by atoms with Gasteiger partial charge in [0.1, 0.15) is 5.56 Å². The van der Waals surface area contributed by atoms with Gasteiger partial charge in [-0.1, -0.05) is 0 Å². The van der Waals surface area contributed by atoms with Gasteiger partial charge < -0.3 is 24.6 Å². The molecule has 2 atom stereocenters. The van der Waals surface area contributed by atoms with E-state index < -0.39 is 40.8 Å². The van der Waals surface area contributed by atoms with Crippen molar-refractivity contribution in [2.75, 3.05) is 62.8 Å². The van der Waals surface area contributed by atoms with Gasteiger partial charge in [0.15, 0.2) is 0 Å². The van der Waals surface area contributed by atoms with E-state index in [4.69, 9.17) is 9.47 Å². The Morgan fingerprint density at radius 3 is 2.40 bits per heavy atom. The molecule has 2 saturated heterocycles. The second kappa shape index (κ2) is 12.4. The maximum Gasteiger partial charge on any atom is 0.423 e. The van der Waals surface area contributed by atoms with Crippen LogP contribution < -0.4 is 15.8 Å². The van der Waals surface area contributed by atoms with Crippen LogP contribution in [0.3, 0.4) is 0 Å². The number of rotatable bonds is 9. The summed E-state index contributed by atoms with van der Waals surface area (Å²) in [6.07, 6.45) is -6.51. The van der Waals surface area contributed by atoms with Crippen molar-refractivity contribution in [1.82, 2.24) is 25.1 Å². The number of anilines is 2. The van der Waals surface area contributed by atoms with Crippen LogP contribution >= 0.6 is 0 Å². The molecule has 4 heterocycles. The Bertz CT molecular complexity index is 1190. The third kappa shape index (κ3) is 7.38. The number of amides is 1. The molecule has 40 heavy (non-hydrogen) atoms. The number of piperazine rings is 1. The van der Waals surface area contributed by atoms with Crippen molar-refractivity contribution in [3.63, 3.8) is 0 Å². The van der Waals surface area contributed by atoms with Gasteiger partial charge in [0.05, 0.1) is 49.7 Å². The molecular formula is C23H27F6N7O4. The Balaban J connectivity index is 1.26. The average Bonchev–Trinajstić information content (AvgIpc) is 3.44. The highest BCUT2D eigenvalue weighted by Gasteiger charge is 2.39. The van der Waals surface area contributed by atoms with E-state index in [-0.39, 0.29) is 37.4 Å². The van der Waals surface area contributed by atoms with Gasteiger partial charge in [-0.05, 0) is 6.42 Å². The molecule has 2 aliphatic heterocycles. The highest BCUT2D eigenvalue weighted by Crippen LogP contribution is 2.33. The summed E-state index contributed by atoms with van der Waals surface area (Å²) >= 11 is 0. The quantitative estimate of drug-likeness (QED) is 0.340. The Kier molecular flexibility index (Phi) is 9.12. The van der Waals surface area contributed by atoms with E-state index >= 15 is 0 Å². The van der Waals surface area contributed by atoms with Crippen LogP contribution in [0.2, 0.25) is 0 Å². The normalized spacial score (nSPS) is 19.1. The molecule has 0 spiro atoms. The molecule has 11 nitrogen and oxygen atoms in total. The lowest BCUT2D eigenvalue weighted by Gasteiger charge is -2.34. The first kappa shape index (κ1) is 29.5. The van der Waals surface area contributed by atoms with Gasteiger partial charge in [-0.25, -0.2) is 15.1 Å². The van der Waals surface area contributed by atoms with E-state index in [2.05, 4.69) is 20.4 Å². The van der Waals surface area contributed by atoms with Crippen molar-refractivity contribution in [2.24, 2.45) is 5.92 Å². The summed E-state index contributed by atoms with van der Waals surface area (Å²) < 4.78 is 89.5. The number of carbonyl (C=O) groups is 1. The molecule has 2 fully saturated rings. The largest absolute Gasteiger partial charge is 0.423 e. The molecule has 1 amide bonds. The Morgan fingerprint density at radius 2 is 1.80 bits per heavy atom. The number of hydrogen-bond acceptors (Lipinski definition) is 9. The highest BCUT2D eigenvalue weighted by molar-refractivity contribution is 5.76. The average molecular weight is 580 g/mol. The second-order valence-electron chi connectivity index (χ2n) is 9.32. The number of alkyl halides is 6. The summed E-state index contributed by atoms with van der Waals surface area (Å²) in [7, 11) is 0. The first-order valence-electron chi connectivity index (χ1n) is 12.4. The number of H-pyrrole nitrogens is 1. The van der Waals surface area contributed by atoms with Crippen molar-refractivity contribution < 1.29 is 40.6 Å². The molecule has 0 saturated carbocycles. The zero-order valence-corrected chi connectivity index (χ0v) is 21.1. The second-order valence-corrected chi connectivity index (χ2v) is 9.32. The Morgan fingerprint density at radius 1 is 1.10 bits per heavy atom. The van der Waals surface area contributed by atoms with Crippen LogP contribution in [-0.2, 0) is 26.6 Å². The van der Waals surface area contributed by atoms with Gasteiger partial charge in [0.2, 0.25) is 11.9 Å². The lowest BCUT2D eigenvalue weighted by Crippen LogP contribution is -2.49. The van der Waals surface area contributed by atoms with Crippen LogP contribution in [0.15, 0.2) is 23.4 Å². The maximum atomic E-state index is 13.5. The standard InChI is InChI=1S/C23H27F6N7O4/c24-22(25,26)15-9-30-21(31-10-15)36-5-3-35(4-6-36)18(37)2-8-40-13-17(14-1-7-39-12-14)33-16-11-32-34-20(38)19(16)23(27,28)29/h9-11,14,17H,1-8,12-13H2,(H2,33,34,38)/t14-,17?/m0/s1. The number of halogens is 6. The van der Waals surface area contributed by atoms with Gasteiger partial charge in [-0.15, -0.1) is 0 Å². The van der Waals surface area contributed by atoms with E-state index in [1.165, 1.54) is 0 Å². The van der Waals surface area contributed by atoms with E-state index in [0.717, 1.165) is 6.20 Å². The fraction of sp³-hybridized carbons (Fsp3) is 0.609. The van der Waals surface area contributed by atoms with E-state index in [1.54, 1.807) is 14.9 Å². The van der Waals surface area contributed by atoms with Gasteiger partial charge >= 0.3 is 12.4 Å². The molecule has 2 aromatic heterocycles. The molecule has 17 heteroatoms. The molecule has 0 aliphatic carbocycles. The third-order valence-corrected chi connectivity index (χ3v) is 6.65. The van der Waals surface area contributed by atoms with Crippen LogP contribution in [0, 0.1) is 5.92 Å². The van der Waals surface area contributed by atoms with Crippen LogP contribution in [0.25, 0.3) is 0 Å². The van der Waals surface area contributed by atoms with Crippen LogP contribution in [0.4, 0.5) is 38.0 Å². The van der Waals surface area contributed by atoms with E-state index in [9.17, 15) is 35.9 Å². The topological polar surface area (TPSA) is 126 Å². The lowest BCUT2D eigenvalue weighted by atomic mass is 9.99. The van der Waals surface area contributed by atoms with Crippen molar-refractivity contribution >= 4 is 17.5 Å². The lowest BCUT2D eigenvalue weighted by molar-refractivity contribution is -0.139. The number of aromatic amines is 1. The minimum absolute atomic E-state index is 0.00652. The molecule has 220 valence electrons. The minimum Gasteiger partial charge on any atom is -0.381 e. The summed E-state index contributed by atoms with van der Waals surface area (Å²) in [5.74, 6) is -0.251. The van der Waals surface area contributed by atoms with Gasteiger partial charge in [-0.3, -0.25) is 9.59 Å². The van der Waals surface area contributed by atoms with Crippen molar-refractivity contribution in [1.29, 1.82) is 0 Å². The Labute approximate surface area is 223 Å². The SMILES string of the molecule is O=C(CCOCC(Nc1cn[nH]c(=O)c1C(F)(F)F)[C@H]1CCOC1)N1CCN(c2ncc(C(F)(F)F)cn2)CC1. The number of carbonyl (C=O) groups excluding carboxylic acids is 1. The fourth-order valence-corrected chi connectivity index (χ4v) is 4.47. The predicted octanol–water partition coefficient (Wildman–Crippen LogP) is 2.17. The van der Waals surface area contributed by atoms with E-state index in [1.807, 2.05) is 0 Å². The first-order chi connectivity index (χ1) is 18.9. The zero-order valence-electron chi connectivity index (χ0n) is 21.1. The first-order valence-corrected chi connectivity index (χ1v) is 12.4. The molecule has 0 aromatic carbocycles. The number of ether oxygens (including phenoxy) is 2. The highest BCUT2D eigenvalue weighted by atomic mass is 19.4. The van der Waals surface area contributed by atoms with Crippen molar-refractivity contribution in [2.45, 2.75) is 31.2 Å². The van der Waals surface area contributed by atoms with Gasteiger partial charge in [0, 0.05) is 51.1 Å². The molecule has 0 bridgehead atoms.